The third-order valence-corrected chi connectivity index (χ3v) is 12.5. The number of esters is 4. The van der Waals surface area contributed by atoms with Crippen molar-refractivity contribution in [3.63, 3.8) is 0 Å². The third-order valence-electron chi connectivity index (χ3n) is 12.5. The minimum Gasteiger partial charge on any atom is -0.426 e. The number of benzene rings is 4. The summed E-state index contributed by atoms with van der Waals surface area (Å²) in [7, 11) is 0. The summed E-state index contributed by atoms with van der Waals surface area (Å²) in [4.78, 5) is 71.0. The zero-order valence-electron chi connectivity index (χ0n) is 43.7. The second-order valence-corrected chi connectivity index (χ2v) is 18.4. The number of aromatic nitrogens is 4. The van der Waals surface area contributed by atoms with E-state index in [0.29, 0.717) is 89.4 Å². The topological polar surface area (TPSA) is 163 Å². The number of nitrogens with one attached hydrogen (secondary N) is 2. The Hall–Kier alpha value is -9.96. The molecule has 9 rings (SSSR count). The molecule has 2 aliphatic rings. The molecule has 16 heteroatoms. The maximum Gasteiger partial charge on any atom is 0.315 e. The van der Waals surface area contributed by atoms with Gasteiger partial charge in [0.2, 0.25) is 0 Å². The summed E-state index contributed by atoms with van der Waals surface area (Å²) in [6, 6.07) is 34.4. The summed E-state index contributed by atoms with van der Waals surface area (Å²) in [6.07, 6.45) is 10.1. The first kappa shape index (κ1) is 54.8. The number of H-pyrrole nitrogens is 2. The van der Waals surface area contributed by atoms with Crippen LogP contribution in [0.25, 0.3) is 90.9 Å². The molecule has 0 fully saturated rings. The monoisotopic (exact) mass is 1080 g/mol. The minimum atomic E-state index is -0.730. The van der Waals surface area contributed by atoms with Gasteiger partial charge in [-0.3, -0.25) is 19.2 Å². The highest BCUT2D eigenvalue weighted by atomic mass is 19.1. The molecule has 0 spiro atoms. The predicted molar refractivity (Wildman–Crippen MR) is 301 cm³/mol. The molecule has 0 amide bonds. The van der Waals surface area contributed by atoms with Crippen molar-refractivity contribution < 1.29 is 55.7 Å². The molecule has 4 aromatic carbocycles. The number of hydrogen-bond donors (Lipinski definition) is 2. The summed E-state index contributed by atoms with van der Waals surface area (Å²) >= 11 is 0. The fraction of sp³-hybridized carbons (Fsp3) is 0.125. The quantitative estimate of drug-likeness (QED) is 0.0541. The van der Waals surface area contributed by atoms with E-state index in [4.69, 9.17) is 28.9 Å². The van der Waals surface area contributed by atoms with E-state index in [1.807, 2.05) is 0 Å². The van der Waals surface area contributed by atoms with Crippen LogP contribution in [0.3, 0.4) is 0 Å². The van der Waals surface area contributed by atoms with Gasteiger partial charge in [-0.2, -0.15) is 0 Å². The SMILES string of the molecule is CC(F)=CCC(=O)Oc1ccccc1-c1c2nc(c(-c3ccccc3OC(=O)CC=C(C)F)c3ccc([nH]3)c(-c3ccccc3OC(=O)CC=C(C)F)c3nc(c(-c4ccccc4OC(=O)CC=C(C)F)c4ccc1[nH]4)C=C3)C=C2. The Balaban J connectivity index is 1.42. The van der Waals surface area contributed by atoms with Crippen LogP contribution in [-0.2, 0) is 19.2 Å². The van der Waals surface area contributed by atoms with Crippen LogP contribution in [0, 0.1) is 0 Å². The molecule has 3 aromatic heterocycles. The van der Waals surface area contributed by atoms with Crippen LogP contribution < -0.4 is 18.9 Å². The van der Waals surface area contributed by atoms with Crippen molar-refractivity contribution in [1.82, 2.24) is 19.9 Å². The van der Waals surface area contributed by atoms with Crippen molar-refractivity contribution in [2.24, 2.45) is 0 Å². The van der Waals surface area contributed by atoms with Crippen molar-refractivity contribution in [3.05, 3.63) is 192 Å². The molecule has 0 saturated carbocycles. The Morgan fingerprint density at radius 2 is 0.575 bits per heavy atom. The van der Waals surface area contributed by atoms with Gasteiger partial charge in [-0.05, 0) is 125 Å². The van der Waals surface area contributed by atoms with Gasteiger partial charge in [0.1, 0.15) is 23.0 Å². The molecule has 5 heterocycles. The van der Waals surface area contributed by atoms with E-state index >= 15 is 0 Å². The molecule has 2 N–H and O–H groups in total. The number of carbonyl (C=O) groups is 4. The van der Waals surface area contributed by atoms with Crippen molar-refractivity contribution >= 4 is 70.2 Å². The standard InChI is InChI=1S/C64H50F4N4O8/c1-37(65)21-33-57(73)77-53-17-9-5-13-41(53)61-45-25-27-47(69-45)62(42-14-6-10-18-54(42)78-58(74)34-22-38(2)66)49-29-31-51(71-49)64(44-16-8-12-20-56(44)80-60(76)36-24-40(4)68)52-32-30-50(72-52)63(48-28-26-46(61)70-48)43-15-7-11-19-55(43)79-59(75)35-23-39(3)67/h5-32,69,72H,33-36H2,1-4H3. The lowest BCUT2D eigenvalue weighted by atomic mass is 10.0. The Kier molecular flexibility index (Phi) is 16.8. The van der Waals surface area contributed by atoms with E-state index in [9.17, 15) is 36.7 Å². The van der Waals surface area contributed by atoms with Gasteiger partial charge < -0.3 is 28.9 Å². The lowest BCUT2D eigenvalue weighted by Crippen LogP contribution is -2.07. The second-order valence-electron chi connectivity index (χ2n) is 18.4. The van der Waals surface area contributed by atoms with E-state index in [1.54, 1.807) is 146 Å². The summed E-state index contributed by atoms with van der Waals surface area (Å²) in [5.74, 6) is -4.63. The number of rotatable bonds is 16. The van der Waals surface area contributed by atoms with Crippen molar-refractivity contribution in [2.75, 3.05) is 0 Å². The van der Waals surface area contributed by atoms with E-state index in [-0.39, 0.29) is 48.7 Å². The van der Waals surface area contributed by atoms with Gasteiger partial charge >= 0.3 is 23.9 Å². The lowest BCUT2D eigenvalue weighted by molar-refractivity contribution is -0.134. The highest BCUT2D eigenvalue weighted by Gasteiger charge is 2.25. The van der Waals surface area contributed by atoms with Gasteiger partial charge in [-0.15, -0.1) is 0 Å². The van der Waals surface area contributed by atoms with Crippen LogP contribution in [0.1, 0.15) is 76.2 Å². The predicted octanol–water partition coefficient (Wildman–Crippen LogP) is 16.0. The van der Waals surface area contributed by atoms with Crippen LogP contribution in [0.15, 0.2) is 169 Å². The maximum atomic E-state index is 13.9. The Bertz CT molecular complexity index is 3480. The van der Waals surface area contributed by atoms with Crippen molar-refractivity contribution in [2.45, 2.75) is 53.4 Å². The van der Waals surface area contributed by atoms with Crippen molar-refractivity contribution in [3.8, 4) is 67.5 Å². The maximum absolute atomic E-state index is 13.9. The number of carbonyl (C=O) groups excluding carboxylic acids is 4. The largest absolute Gasteiger partial charge is 0.426 e. The molecular weight excluding hydrogens is 1030 g/mol. The van der Waals surface area contributed by atoms with Gasteiger partial charge in [0.05, 0.1) is 71.8 Å². The Labute approximate surface area is 456 Å². The van der Waals surface area contributed by atoms with Gasteiger partial charge in [0.15, 0.2) is 0 Å². The summed E-state index contributed by atoms with van der Waals surface area (Å²) in [5.41, 5.74) is 6.69. The van der Waals surface area contributed by atoms with E-state index < -0.39 is 47.2 Å². The van der Waals surface area contributed by atoms with Crippen LogP contribution in [-0.4, -0.2) is 43.8 Å². The fourth-order valence-electron chi connectivity index (χ4n) is 8.94. The average Bonchev–Trinajstić information content (AvgIpc) is 4.31. The molecule has 0 atom stereocenters. The second kappa shape index (κ2) is 24.6. The molecule has 0 saturated heterocycles. The molecule has 0 radical (unpaired) electrons. The first-order valence-corrected chi connectivity index (χ1v) is 25.3. The molecule has 0 aliphatic carbocycles. The number of nitrogens with zero attached hydrogens (tertiary/aromatic N) is 2. The first-order chi connectivity index (χ1) is 38.6. The summed E-state index contributed by atoms with van der Waals surface area (Å²) < 4.78 is 79.3. The minimum absolute atomic E-state index is 0.130. The first-order valence-electron chi connectivity index (χ1n) is 25.3. The van der Waals surface area contributed by atoms with Gasteiger partial charge in [0, 0.05) is 66.6 Å². The zero-order chi connectivity index (χ0) is 56.5. The number of aromatic amines is 2. The van der Waals surface area contributed by atoms with Gasteiger partial charge in [-0.25, -0.2) is 27.5 Å². The molecule has 8 bridgehead atoms. The molecule has 7 aromatic rings. The molecule has 2 aliphatic heterocycles. The third kappa shape index (κ3) is 12.9. The van der Waals surface area contributed by atoms with Crippen LogP contribution in [0.4, 0.5) is 17.6 Å². The van der Waals surface area contributed by atoms with Gasteiger partial charge in [0.25, 0.3) is 0 Å². The molecule has 0 unspecified atom stereocenters. The van der Waals surface area contributed by atoms with Crippen LogP contribution >= 0.6 is 0 Å². The van der Waals surface area contributed by atoms with Crippen LogP contribution in [0.2, 0.25) is 0 Å². The van der Waals surface area contributed by atoms with Gasteiger partial charge in [-0.1, -0.05) is 72.8 Å². The Morgan fingerprint density at radius 3 is 0.787 bits per heavy atom. The van der Waals surface area contributed by atoms with E-state index in [0.717, 1.165) is 24.3 Å². The summed E-state index contributed by atoms with van der Waals surface area (Å²) in [5, 5.41) is 0. The molecule has 12 nitrogen and oxygen atoms in total. The van der Waals surface area contributed by atoms with Crippen molar-refractivity contribution in [1.29, 1.82) is 0 Å². The molecule has 402 valence electrons. The number of ether oxygens (including phenoxy) is 4. The normalized spacial score (nSPS) is 12.6. The highest BCUT2D eigenvalue weighted by Crippen LogP contribution is 2.44. The number of allylic oxidation sites excluding steroid dienone is 4. The molecular formula is C64H50F4N4O8. The number of fused-ring (bicyclic) bond motifs is 8. The number of hydrogen-bond acceptors (Lipinski definition) is 10. The summed E-state index contributed by atoms with van der Waals surface area (Å²) in [6.45, 7) is 4.90. The van der Waals surface area contributed by atoms with E-state index in [2.05, 4.69) is 9.97 Å². The molecule has 80 heavy (non-hydrogen) atoms. The lowest BCUT2D eigenvalue weighted by Gasteiger charge is -2.13. The smallest absolute Gasteiger partial charge is 0.315 e. The average molecular weight is 1080 g/mol. The number of para-hydroxylation sites is 4. The van der Waals surface area contributed by atoms with Crippen LogP contribution in [0.5, 0.6) is 23.0 Å². The highest BCUT2D eigenvalue weighted by molar-refractivity contribution is 6.02. The zero-order valence-corrected chi connectivity index (χ0v) is 43.7. The number of halogens is 4. The van der Waals surface area contributed by atoms with E-state index in [1.165, 1.54) is 27.7 Å². The Morgan fingerprint density at radius 1 is 0.362 bits per heavy atom. The fourth-order valence-corrected chi connectivity index (χ4v) is 8.94.